The van der Waals surface area contributed by atoms with Crippen molar-refractivity contribution >= 4 is 51.7 Å². The summed E-state index contributed by atoms with van der Waals surface area (Å²) in [6.45, 7) is 2.24. The highest BCUT2D eigenvalue weighted by molar-refractivity contribution is 8.15. The first-order valence-electron chi connectivity index (χ1n) is 8.34. The molecule has 0 aromatic heterocycles. The number of nitrogens with one attached hydrogen (secondary N) is 1. The van der Waals surface area contributed by atoms with Crippen LogP contribution in [0.15, 0.2) is 53.5 Å². The van der Waals surface area contributed by atoms with Gasteiger partial charge in [0.15, 0.2) is 5.17 Å². The third-order valence-corrected chi connectivity index (χ3v) is 5.30. The Morgan fingerprint density at radius 3 is 2.81 bits per heavy atom. The number of nitrogens with zero attached hydrogens (tertiary/aromatic N) is 2. The van der Waals surface area contributed by atoms with E-state index < -0.39 is 11.1 Å². The number of carbonyl (C=O) groups excluding carboxylic acids is 2. The summed E-state index contributed by atoms with van der Waals surface area (Å²) in [5.41, 5.74) is 0.946. The van der Waals surface area contributed by atoms with Gasteiger partial charge in [-0.25, -0.2) is 9.38 Å². The Labute approximate surface area is 165 Å². The molecule has 0 radical (unpaired) electrons. The summed E-state index contributed by atoms with van der Waals surface area (Å²) >= 11 is 7.12. The lowest BCUT2D eigenvalue weighted by molar-refractivity contribution is -0.129. The van der Waals surface area contributed by atoms with Crippen molar-refractivity contribution in [3.63, 3.8) is 0 Å². The van der Waals surface area contributed by atoms with E-state index in [-0.39, 0.29) is 18.2 Å². The van der Waals surface area contributed by atoms with Crippen molar-refractivity contribution in [1.29, 1.82) is 0 Å². The lowest BCUT2D eigenvalue weighted by Crippen LogP contribution is -2.45. The molecule has 27 heavy (non-hydrogen) atoms. The van der Waals surface area contributed by atoms with Crippen LogP contribution in [0.2, 0.25) is 5.02 Å². The number of amidine groups is 1. The van der Waals surface area contributed by atoms with Gasteiger partial charge in [0.1, 0.15) is 11.1 Å². The van der Waals surface area contributed by atoms with Crippen molar-refractivity contribution < 1.29 is 14.0 Å². The van der Waals surface area contributed by atoms with Gasteiger partial charge in [-0.15, -0.1) is 0 Å². The van der Waals surface area contributed by atoms with Gasteiger partial charge in [0.05, 0.1) is 5.69 Å². The fourth-order valence-corrected chi connectivity index (χ4v) is 3.95. The van der Waals surface area contributed by atoms with Crippen LogP contribution in [-0.2, 0) is 9.59 Å². The van der Waals surface area contributed by atoms with Crippen molar-refractivity contribution in [2.24, 2.45) is 4.99 Å². The van der Waals surface area contributed by atoms with Crippen molar-refractivity contribution in [2.45, 2.75) is 18.6 Å². The zero-order valence-electron chi connectivity index (χ0n) is 14.5. The fourth-order valence-electron chi connectivity index (χ4n) is 2.60. The molecule has 0 saturated carbocycles. The van der Waals surface area contributed by atoms with Crippen LogP contribution >= 0.6 is 23.4 Å². The Hall–Kier alpha value is -2.38. The number of hydrogen-bond acceptors (Lipinski definition) is 4. The van der Waals surface area contributed by atoms with Crippen LogP contribution in [-0.4, -0.2) is 33.7 Å². The Morgan fingerprint density at radius 1 is 1.33 bits per heavy atom. The zero-order chi connectivity index (χ0) is 19.4. The molecule has 5 nitrogen and oxygen atoms in total. The number of anilines is 1. The normalized spacial score (nSPS) is 18.6. The van der Waals surface area contributed by atoms with Gasteiger partial charge in [-0.05, 0) is 43.3 Å². The van der Waals surface area contributed by atoms with Crippen LogP contribution in [0.3, 0.4) is 0 Å². The molecule has 1 aliphatic rings. The van der Waals surface area contributed by atoms with Crippen LogP contribution < -0.4 is 5.32 Å². The second-order valence-electron chi connectivity index (χ2n) is 5.82. The van der Waals surface area contributed by atoms with E-state index in [9.17, 15) is 14.0 Å². The zero-order valence-corrected chi connectivity index (χ0v) is 16.1. The lowest BCUT2D eigenvalue weighted by Gasteiger charge is -2.30. The average Bonchev–Trinajstić information content (AvgIpc) is 2.61. The highest BCUT2D eigenvalue weighted by Crippen LogP contribution is 2.30. The topological polar surface area (TPSA) is 61.8 Å². The lowest BCUT2D eigenvalue weighted by atomic mass is 10.2. The summed E-state index contributed by atoms with van der Waals surface area (Å²) < 4.78 is 13.4. The Morgan fingerprint density at radius 2 is 2.11 bits per heavy atom. The fraction of sp³-hybridized carbons (Fsp3) is 0.211. The van der Waals surface area contributed by atoms with E-state index >= 15 is 0 Å². The van der Waals surface area contributed by atoms with E-state index in [4.69, 9.17) is 11.6 Å². The van der Waals surface area contributed by atoms with E-state index in [1.54, 1.807) is 36.4 Å². The average molecular weight is 406 g/mol. The SMILES string of the molecule is CCN1C(=O)CC(C(=O)Nc2cccc(Cl)c2)SC1=Nc1cccc(F)c1. The minimum Gasteiger partial charge on any atom is -0.325 e. The highest BCUT2D eigenvalue weighted by atomic mass is 35.5. The van der Waals surface area contributed by atoms with E-state index in [2.05, 4.69) is 10.3 Å². The molecule has 1 saturated heterocycles. The summed E-state index contributed by atoms with van der Waals surface area (Å²) in [7, 11) is 0. The molecule has 1 unspecified atom stereocenters. The predicted molar refractivity (Wildman–Crippen MR) is 107 cm³/mol. The Kier molecular flexibility index (Phi) is 6.13. The number of amides is 2. The molecule has 0 aliphatic carbocycles. The van der Waals surface area contributed by atoms with Crippen molar-refractivity contribution in [3.05, 3.63) is 59.4 Å². The summed E-state index contributed by atoms with van der Waals surface area (Å²) in [6.07, 6.45) is 0.0626. The molecule has 1 fully saturated rings. The highest BCUT2D eigenvalue weighted by Gasteiger charge is 2.35. The van der Waals surface area contributed by atoms with E-state index in [1.807, 2.05) is 6.92 Å². The van der Waals surface area contributed by atoms with Crippen LogP contribution in [0, 0.1) is 5.82 Å². The molecule has 2 amide bonds. The molecule has 8 heteroatoms. The number of aliphatic imine (C=N–C) groups is 1. The molecule has 1 heterocycles. The molecular formula is C19H17ClFN3O2S. The molecule has 1 aliphatic heterocycles. The predicted octanol–water partition coefficient (Wildman–Crippen LogP) is 4.46. The van der Waals surface area contributed by atoms with Crippen molar-refractivity contribution in [2.75, 3.05) is 11.9 Å². The Balaban J connectivity index is 1.81. The molecule has 3 rings (SSSR count). The molecule has 0 spiro atoms. The maximum Gasteiger partial charge on any atom is 0.238 e. The van der Waals surface area contributed by atoms with Gasteiger partial charge in [-0.3, -0.25) is 14.5 Å². The van der Waals surface area contributed by atoms with Gasteiger partial charge in [0, 0.05) is 23.7 Å². The quantitative estimate of drug-likeness (QED) is 0.816. The monoisotopic (exact) mass is 405 g/mol. The van der Waals surface area contributed by atoms with Crippen LogP contribution in [0.25, 0.3) is 0 Å². The number of carbonyl (C=O) groups is 2. The third-order valence-electron chi connectivity index (χ3n) is 3.87. The van der Waals surface area contributed by atoms with Gasteiger partial charge in [-0.1, -0.05) is 35.5 Å². The second kappa shape index (κ2) is 8.54. The van der Waals surface area contributed by atoms with Crippen LogP contribution in [0.1, 0.15) is 13.3 Å². The van der Waals surface area contributed by atoms with Gasteiger partial charge in [-0.2, -0.15) is 0 Å². The van der Waals surface area contributed by atoms with Gasteiger partial charge >= 0.3 is 0 Å². The third kappa shape index (κ3) is 4.87. The van der Waals surface area contributed by atoms with Gasteiger partial charge in [0.25, 0.3) is 0 Å². The first-order chi connectivity index (χ1) is 13.0. The van der Waals surface area contributed by atoms with Crippen LogP contribution in [0.4, 0.5) is 15.8 Å². The number of benzene rings is 2. The van der Waals surface area contributed by atoms with Gasteiger partial charge in [0.2, 0.25) is 11.8 Å². The molecular weight excluding hydrogens is 389 g/mol. The first-order valence-corrected chi connectivity index (χ1v) is 9.59. The number of hydrogen-bond donors (Lipinski definition) is 1. The molecule has 140 valence electrons. The maximum atomic E-state index is 13.4. The minimum absolute atomic E-state index is 0.0626. The minimum atomic E-state index is -0.633. The molecule has 1 N–H and O–H groups in total. The molecule has 0 bridgehead atoms. The summed E-state index contributed by atoms with van der Waals surface area (Å²) in [4.78, 5) is 31.0. The standard InChI is InChI=1S/C19H17ClFN3O2S/c1-2-24-17(25)11-16(18(26)22-14-7-3-5-12(20)9-14)27-19(24)23-15-8-4-6-13(21)10-15/h3-10,16H,2,11H2,1H3,(H,22,26). The maximum absolute atomic E-state index is 13.4. The molecule has 1 atom stereocenters. The smallest absolute Gasteiger partial charge is 0.238 e. The summed E-state index contributed by atoms with van der Waals surface area (Å²) in [5.74, 6) is -0.918. The number of halogens is 2. The van der Waals surface area contributed by atoms with E-state index in [0.29, 0.717) is 28.1 Å². The molecule has 2 aromatic rings. The second-order valence-corrected chi connectivity index (χ2v) is 7.43. The van der Waals surface area contributed by atoms with Gasteiger partial charge < -0.3 is 5.32 Å². The van der Waals surface area contributed by atoms with Crippen LogP contribution in [0.5, 0.6) is 0 Å². The Bertz CT molecular complexity index is 906. The summed E-state index contributed by atoms with van der Waals surface area (Å²) in [5, 5.41) is 3.02. The summed E-state index contributed by atoms with van der Waals surface area (Å²) in [6, 6.07) is 12.6. The van der Waals surface area contributed by atoms with Crippen molar-refractivity contribution in [3.8, 4) is 0 Å². The first kappa shape index (κ1) is 19.4. The number of rotatable bonds is 4. The van der Waals surface area contributed by atoms with E-state index in [0.717, 1.165) is 0 Å². The largest absolute Gasteiger partial charge is 0.325 e. The van der Waals surface area contributed by atoms with E-state index in [1.165, 1.54) is 28.8 Å². The molecule has 2 aromatic carbocycles. The number of thioether (sulfide) groups is 1. The van der Waals surface area contributed by atoms with Crippen molar-refractivity contribution in [1.82, 2.24) is 4.90 Å².